The van der Waals surface area contributed by atoms with Gasteiger partial charge in [-0.15, -0.1) is 0 Å². The van der Waals surface area contributed by atoms with Gasteiger partial charge in [0, 0.05) is 21.3 Å². The van der Waals surface area contributed by atoms with E-state index in [2.05, 4.69) is 10.7 Å². The zero-order valence-corrected chi connectivity index (χ0v) is 24.2. The van der Waals surface area contributed by atoms with E-state index in [-0.39, 0.29) is 27.5 Å². The molecule has 45 heavy (non-hydrogen) atoms. The van der Waals surface area contributed by atoms with Gasteiger partial charge in [-0.05, 0) is 84.9 Å². The average Bonchev–Trinajstić information content (AvgIpc) is 3.58. The van der Waals surface area contributed by atoms with Crippen molar-refractivity contribution in [3.63, 3.8) is 0 Å². The van der Waals surface area contributed by atoms with Crippen molar-refractivity contribution in [2.45, 2.75) is 12.2 Å². The molecule has 0 spiro atoms. The molecule has 3 aromatic carbocycles. The molecular formula is C30H21Cl2N3O10. The van der Waals surface area contributed by atoms with Gasteiger partial charge in [-0.3, -0.25) is 25.2 Å². The molecule has 0 fully saturated rings. The molecule has 0 aliphatic carbocycles. The Balaban J connectivity index is 1.48. The number of hydrogen-bond acceptors (Lipinski definition) is 9. The minimum atomic E-state index is -2.35. The lowest BCUT2D eigenvalue weighted by Crippen LogP contribution is -2.54. The van der Waals surface area contributed by atoms with Crippen molar-refractivity contribution in [1.29, 1.82) is 0 Å². The summed E-state index contributed by atoms with van der Waals surface area (Å²) in [6.45, 7) is 0. The number of amides is 3. The zero-order valence-electron chi connectivity index (χ0n) is 22.7. The minimum Gasteiger partial charge on any atom is -0.478 e. The van der Waals surface area contributed by atoms with Gasteiger partial charge in [0.05, 0.1) is 17.4 Å². The summed E-state index contributed by atoms with van der Waals surface area (Å²) in [5, 5.41) is 13.0. The summed E-state index contributed by atoms with van der Waals surface area (Å²) in [5.41, 5.74) is 4.19. The van der Waals surface area contributed by atoms with E-state index in [1.54, 1.807) is 6.07 Å². The summed E-state index contributed by atoms with van der Waals surface area (Å²) in [5.74, 6) is -6.80. The van der Waals surface area contributed by atoms with E-state index in [1.165, 1.54) is 85.1 Å². The Morgan fingerprint density at radius 1 is 0.644 bits per heavy atom. The molecule has 0 saturated heterocycles. The maximum atomic E-state index is 13.1. The number of carboxylic acid groups (broad SMARTS) is 1. The smallest absolute Gasteiger partial charge is 0.349 e. The number of ether oxygens (including phenoxy) is 2. The number of carboxylic acids is 1. The van der Waals surface area contributed by atoms with Crippen molar-refractivity contribution in [1.82, 2.24) is 10.9 Å². The van der Waals surface area contributed by atoms with Crippen LogP contribution in [0.25, 0.3) is 0 Å². The third-order valence-electron chi connectivity index (χ3n) is 5.85. The number of hydrazine groups is 1. The van der Waals surface area contributed by atoms with Crippen molar-refractivity contribution < 1.29 is 47.8 Å². The molecule has 0 radical (unpaired) electrons. The summed E-state index contributed by atoms with van der Waals surface area (Å²) in [6, 6.07) is 18.9. The van der Waals surface area contributed by atoms with E-state index in [1.807, 2.05) is 5.43 Å². The predicted octanol–water partition coefficient (Wildman–Crippen LogP) is 4.14. The molecule has 15 heteroatoms. The molecule has 0 unspecified atom stereocenters. The number of benzene rings is 3. The van der Waals surface area contributed by atoms with Gasteiger partial charge >= 0.3 is 17.9 Å². The summed E-state index contributed by atoms with van der Waals surface area (Å²) in [7, 11) is 0. The number of hydrogen-bond donors (Lipinski definition) is 4. The average molecular weight is 654 g/mol. The first-order valence-corrected chi connectivity index (χ1v) is 13.5. The fraction of sp³-hybridized carbons (Fsp3) is 0.0667. The first-order chi connectivity index (χ1) is 21.5. The predicted molar refractivity (Wildman–Crippen MR) is 158 cm³/mol. The van der Waals surface area contributed by atoms with Crippen LogP contribution in [0.1, 0.15) is 41.6 Å². The monoisotopic (exact) mass is 653 g/mol. The highest BCUT2D eigenvalue weighted by molar-refractivity contribution is 6.31. The number of anilines is 1. The number of nitrogens with one attached hydrogen (secondary N) is 3. The lowest BCUT2D eigenvalue weighted by molar-refractivity contribution is -0.159. The van der Waals surface area contributed by atoms with Gasteiger partial charge in [0.15, 0.2) is 5.76 Å². The van der Waals surface area contributed by atoms with Crippen LogP contribution in [-0.2, 0) is 19.1 Å². The van der Waals surface area contributed by atoms with Gasteiger partial charge in [-0.2, -0.15) is 0 Å². The van der Waals surface area contributed by atoms with E-state index < -0.39 is 47.8 Å². The van der Waals surface area contributed by atoms with Gasteiger partial charge in [0.2, 0.25) is 12.2 Å². The molecule has 4 N–H and O–H groups in total. The van der Waals surface area contributed by atoms with Crippen LogP contribution >= 0.6 is 23.2 Å². The van der Waals surface area contributed by atoms with E-state index >= 15 is 0 Å². The first-order valence-electron chi connectivity index (χ1n) is 12.7. The quantitative estimate of drug-likeness (QED) is 0.143. The van der Waals surface area contributed by atoms with Gasteiger partial charge in [-0.1, -0.05) is 23.2 Å². The normalized spacial score (nSPS) is 11.8. The second kappa shape index (κ2) is 14.7. The van der Waals surface area contributed by atoms with Crippen molar-refractivity contribution in [2.24, 2.45) is 0 Å². The molecule has 230 valence electrons. The molecule has 3 amide bonds. The molecule has 1 aromatic heterocycles. The molecule has 4 aromatic rings. The Kier molecular flexibility index (Phi) is 10.5. The number of rotatable bonds is 10. The van der Waals surface area contributed by atoms with Crippen molar-refractivity contribution in [3.8, 4) is 0 Å². The Labute approximate surface area is 264 Å². The van der Waals surface area contributed by atoms with Crippen LogP contribution in [0.5, 0.6) is 0 Å². The van der Waals surface area contributed by atoms with Gasteiger partial charge in [-0.25, -0.2) is 14.4 Å². The van der Waals surface area contributed by atoms with Gasteiger partial charge in [0.1, 0.15) is 0 Å². The van der Waals surface area contributed by atoms with Crippen LogP contribution < -0.4 is 16.2 Å². The number of halogens is 2. The van der Waals surface area contributed by atoms with Crippen LogP contribution in [0.15, 0.2) is 95.6 Å². The van der Waals surface area contributed by atoms with Crippen LogP contribution in [0.2, 0.25) is 10.0 Å². The Hall–Kier alpha value is -5.66. The molecule has 4 rings (SSSR count). The largest absolute Gasteiger partial charge is 0.478 e. The number of carbonyl (C=O) groups is 6. The molecule has 0 bridgehead atoms. The highest BCUT2D eigenvalue weighted by Gasteiger charge is 2.41. The zero-order chi connectivity index (χ0) is 32.5. The van der Waals surface area contributed by atoms with Crippen LogP contribution in [-0.4, -0.2) is 52.9 Å². The molecular weight excluding hydrogens is 633 g/mol. The van der Waals surface area contributed by atoms with Gasteiger partial charge < -0.3 is 24.3 Å². The number of furan rings is 1. The Morgan fingerprint density at radius 3 is 1.64 bits per heavy atom. The topological polar surface area (TPSA) is 190 Å². The summed E-state index contributed by atoms with van der Waals surface area (Å²) in [4.78, 5) is 75.6. The van der Waals surface area contributed by atoms with E-state index in [9.17, 15) is 33.9 Å². The van der Waals surface area contributed by atoms with Crippen LogP contribution in [0.3, 0.4) is 0 Å². The first kappa shape index (κ1) is 32.3. The van der Waals surface area contributed by atoms with E-state index in [4.69, 9.17) is 37.1 Å². The van der Waals surface area contributed by atoms with Crippen LogP contribution in [0.4, 0.5) is 5.69 Å². The fourth-order valence-electron chi connectivity index (χ4n) is 3.60. The molecule has 2 atom stereocenters. The number of carbonyl (C=O) groups excluding carboxylic acids is 5. The third-order valence-corrected chi connectivity index (χ3v) is 6.36. The van der Waals surface area contributed by atoms with E-state index in [0.29, 0.717) is 10.7 Å². The third kappa shape index (κ3) is 8.69. The lowest BCUT2D eigenvalue weighted by Gasteiger charge is -2.23. The second-order valence-corrected chi connectivity index (χ2v) is 9.83. The summed E-state index contributed by atoms with van der Waals surface area (Å²) < 4.78 is 15.2. The highest BCUT2D eigenvalue weighted by Crippen LogP contribution is 2.17. The molecule has 13 nitrogen and oxygen atoms in total. The maximum absolute atomic E-state index is 13.1. The minimum absolute atomic E-state index is 0.0185. The summed E-state index contributed by atoms with van der Waals surface area (Å²) >= 11 is 11.7. The molecule has 0 aliphatic heterocycles. The molecule has 0 saturated carbocycles. The van der Waals surface area contributed by atoms with E-state index in [0.717, 1.165) is 0 Å². The Morgan fingerprint density at radius 2 is 1.16 bits per heavy atom. The van der Waals surface area contributed by atoms with Crippen molar-refractivity contribution >= 4 is 64.5 Å². The standard InChI is InChI=1S/C30H21Cl2N3O10/c31-19-9-3-17(4-10-19)29(41)44-23(24(28(39)40)45-30(42)18-5-11-20(32)12-6-18)27(38)35-34-25(36)16-7-13-21(14-8-16)33-26(37)22-2-1-15-43-22/h1-15,23-24H,(H,33,37)(H,34,36)(H,35,38)(H,39,40)/t23-,24-/m1/s1. The highest BCUT2D eigenvalue weighted by atomic mass is 35.5. The number of aliphatic carboxylic acids is 1. The van der Waals surface area contributed by atoms with Crippen molar-refractivity contribution in [2.75, 3.05) is 5.32 Å². The number of esters is 2. The fourth-order valence-corrected chi connectivity index (χ4v) is 3.85. The lowest BCUT2D eigenvalue weighted by atomic mass is 10.1. The van der Waals surface area contributed by atoms with Crippen molar-refractivity contribution in [3.05, 3.63) is 124 Å². The second-order valence-electron chi connectivity index (χ2n) is 8.96. The SMILES string of the molecule is O=C(NNC(=O)[C@H](OC(=O)c1ccc(Cl)cc1)[C@@H](OC(=O)c1ccc(Cl)cc1)C(=O)O)c1ccc(NC(=O)c2ccco2)cc1. The van der Waals surface area contributed by atoms with Gasteiger partial charge in [0.25, 0.3) is 17.7 Å². The maximum Gasteiger partial charge on any atom is 0.349 e. The molecule has 0 aliphatic rings. The van der Waals surface area contributed by atoms with Crippen LogP contribution in [0, 0.1) is 0 Å². The Bertz CT molecular complexity index is 1710. The molecule has 1 heterocycles. The summed E-state index contributed by atoms with van der Waals surface area (Å²) in [6.07, 6.45) is -3.29.